The average molecular weight is 615 g/mol. The second-order valence-corrected chi connectivity index (χ2v) is 12.1. The van der Waals surface area contributed by atoms with Crippen LogP contribution in [0.1, 0.15) is 124 Å². The first-order chi connectivity index (χ1) is 21.3. The van der Waals surface area contributed by atoms with Crippen LogP contribution in [0, 0.1) is 11.8 Å². The van der Waals surface area contributed by atoms with Gasteiger partial charge < -0.3 is 25.5 Å². The second kappa shape index (κ2) is 22.5. The van der Waals surface area contributed by atoms with Gasteiger partial charge in [-0.3, -0.25) is 9.59 Å². The number of unbranched alkanes of at least 4 members (excludes halogenated alkanes) is 11. The van der Waals surface area contributed by atoms with Crippen LogP contribution >= 0.6 is 0 Å². The zero-order chi connectivity index (χ0) is 32.0. The van der Waals surface area contributed by atoms with Crippen molar-refractivity contribution >= 4 is 29.1 Å². The van der Waals surface area contributed by atoms with E-state index in [0.717, 1.165) is 32.1 Å². The van der Waals surface area contributed by atoms with Gasteiger partial charge in [0, 0.05) is 18.9 Å². The number of hydrogen-bond donors (Lipinski definition) is 2. The number of carbonyl (C=O) groups excluding carboxylic acids is 2. The van der Waals surface area contributed by atoms with Crippen LogP contribution in [0.15, 0.2) is 24.7 Å². The minimum Gasteiger partial charge on any atom is -0.465 e. The molecule has 0 radical (unpaired) electrons. The third kappa shape index (κ3) is 15.1. The molecule has 4 N–H and O–H groups in total. The van der Waals surface area contributed by atoms with Crippen LogP contribution in [0.3, 0.4) is 0 Å². The van der Waals surface area contributed by atoms with Crippen molar-refractivity contribution in [2.24, 2.45) is 17.6 Å². The SMILES string of the molecule is CCCCCCCC/C=C/CCCCCCCC(=O)OC[C@H](CCOC(=O)[C@@H](N)C(C)CC)Cn1cnc2cnc(N)nc21. The molecule has 248 valence electrons. The van der Waals surface area contributed by atoms with E-state index in [9.17, 15) is 9.59 Å². The van der Waals surface area contributed by atoms with Crippen LogP contribution in [0.2, 0.25) is 0 Å². The number of aromatic nitrogens is 4. The number of carbonyl (C=O) groups is 2. The minimum absolute atomic E-state index is 0.0401. The number of rotatable bonds is 25. The Labute approximate surface area is 264 Å². The van der Waals surface area contributed by atoms with Gasteiger partial charge in [0.15, 0.2) is 5.65 Å². The van der Waals surface area contributed by atoms with Crippen molar-refractivity contribution in [3.05, 3.63) is 24.7 Å². The van der Waals surface area contributed by atoms with Gasteiger partial charge in [0.25, 0.3) is 0 Å². The molecule has 0 aromatic carbocycles. The molecule has 0 fully saturated rings. The number of nitrogens with zero attached hydrogens (tertiary/aromatic N) is 4. The van der Waals surface area contributed by atoms with Gasteiger partial charge in [-0.25, -0.2) is 9.97 Å². The molecule has 0 aliphatic rings. The van der Waals surface area contributed by atoms with Crippen molar-refractivity contribution in [1.82, 2.24) is 19.5 Å². The lowest BCUT2D eigenvalue weighted by Gasteiger charge is -2.20. The molecule has 10 nitrogen and oxygen atoms in total. The van der Waals surface area contributed by atoms with Crippen LogP contribution in [0.4, 0.5) is 5.95 Å². The summed E-state index contributed by atoms with van der Waals surface area (Å²) in [6.45, 7) is 7.05. The van der Waals surface area contributed by atoms with Crippen LogP contribution in [-0.4, -0.2) is 50.7 Å². The second-order valence-electron chi connectivity index (χ2n) is 12.1. The number of nitrogens with two attached hydrogens (primary N) is 2. The Kier molecular flexibility index (Phi) is 19.0. The number of fused-ring (bicyclic) bond motifs is 1. The first-order valence-corrected chi connectivity index (χ1v) is 17.0. The molecule has 0 aliphatic carbocycles. The van der Waals surface area contributed by atoms with Gasteiger partial charge in [0.05, 0.1) is 25.7 Å². The smallest absolute Gasteiger partial charge is 0.323 e. The van der Waals surface area contributed by atoms with Crippen LogP contribution in [0.25, 0.3) is 11.2 Å². The van der Waals surface area contributed by atoms with Gasteiger partial charge in [-0.2, -0.15) is 4.98 Å². The number of anilines is 1. The van der Waals surface area contributed by atoms with Gasteiger partial charge in [-0.1, -0.05) is 90.7 Å². The number of nitrogen functional groups attached to an aromatic ring is 1. The Hall–Kier alpha value is -3.01. The van der Waals surface area contributed by atoms with E-state index in [4.69, 9.17) is 20.9 Å². The predicted molar refractivity (Wildman–Crippen MR) is 177 cm³/mol. The Bertz CT molecular complexity index is 1100. The third-order valence-electron chi connectivity index (χ3n) is 8.25. The highest BCUT2D eigenvalue weighted by Gasteiger charge is 2.22. The summed E-state index contributed by atoms with van der Waals surface area (Å²) in [7, 11) is 0. The zero-order valence-corrected chi connectivity index (χ0v) is 27.6. The molecule has 0 aliphatic heterocycles. The number of allylic oxidation sites excluding steroid dienone is 2. The number of ether oxygens (including phenoxy) is 2. The monoisotopic (exact) mass is 614 g/mol. The highest BCUT2D eigenvalue weighted by atomic mass is 16.5. The summed E-state index contributed by atoms with van der Waals surface area (Å²) in [5.41, 5.74) is 13.0. The van der Waals surface area contributed by atoms with Crippen LogP contribution < -0.4 is 11.5 Å². The summed E-state index contributed by atoms with van der Waals surface area (Å²) < 4.78 is 13.0. The highest BCUT2D eigenvalue weighted by molar-refractivity contribution is 5.75. The van der Waals surface area contributed by atoms with Gasteiger partial charge in [-0.15, -0.1) is 0 Å². The standard InChI is InChI=1S/C34H58N6O4/c1-4-6-7-8-9-10-11-12-13-14-15-16-17-18-19-20-30(41)44-25-28(21-22-43-33(42)31(35)27(3)5-2)24-40-26-38-29-23-37-34(36)39-32(29)40/h12-13,23,26-28,31H,4-11,14-22,24-25,35H2,1-3H3,(H2,36,37,39)/b13-12+/t27?,28-,31+/m1/s1. The van der Waals surface area contributed by atoms with Gasteiger partial charge >= 0.3 is 11.9 Å². The molecule has 2 aromatic rings. The van der Waals surface area contributed by atoms with Crippen LogP contribution in [0.5, 0.6) is 0 Å². The number of imidazole rings is 1. The lowest BCUT2D eigenvalue weighted by molar-refractivity contribution is -0.149. The van der Waals surface area contributed by atoms with Gasteiger partial charge in [-0.05, 0) is 44.4 Å². The van der Waals surface area contributed by atoms with E-state index in [0.29, 0.717) is 30.6 Å². The molecule has 10 heteroatoms. The van der Waals surface area contributed by atoms with Gasteiger partial charge in [0.1, 0.15) is 11.6 Å². The van der Waals surface area contributed by atoms with E-state index in [1.807, 2.05) is 18.4 Å². The lowest BCUT2D eigenvalue weighted by atomic mass is 10.0. The van der Waals surface area contributed by atoms with Crippen molar-refractivity contribution in [3.8, 4) is 0 Å². The molecular weight excluding hydrogens is 556 g/mol. The Morgan fingerprint density at radius 2 is 1.59 bits per heavy atom. The summed E-state index contributed by atoms with van der Waals surface area (Å²) in [6, 6.07) is -0.653. The van der Waals surface area contributed by atoms with Crippen LogP contribution in [-0.2, 0) is 25.6 Å². The quantitative estimate of drug-likeness (QED) is 0.0691. The molecule has 3 atom stereocenters. The van der Waals surface area contributed by atoms with E-state index in [-0.39, 0.29) is 37.0 Å². The fraction of sp³-hybridized carbons (Fsp3) is 0.735. The molecule has 0 amide bonds. The normalized spacial score (nSPS) is 13.7. The molecule has 0 saturated heterocycles. The fourth-order valence-corrected chi connectivity index (χ4v) is 5.04. The first-order valence-electron chi connectivity index (χ1n) is 17.0. The Balaban J connectivity index is 1.69. The van der Waals surface area contributed by atoms with Crippen molar-refractivity contribution in [1.29, 1.82) is 0 Å². The largest absolute Gasteiger partial charge is 0.465 e. The molecule has 2 rings (SSSR count). The summed E-state index contributed by atoms with van der Waals surface area (Å²) >= 11 is 0. The Morgan fingerprint density at radius 3 is 2.27 bits per heavy atom. The zero-order valence-electron chi connectivity index (χ0n) is 27.6. The summed E-state index contributed by atoms with van der Waals surface area (Å²) in [6.07, 6.45) is 25.4. The van der Waals surface area contributed by atoms with Crippen molar-refractivity contribution < 1.29 is 19.1 Å². The summed E-state index contributed by atoms with van der Waals surface area (Å²) in [5, 5.41) is 0. The average Bonchev–Trinajstić information content (AvgIpc) is 3.41. The van der Waals surface area contributed by atoms with Gasteiger partial charge in [0.2, 0.25) is 5.95 Å². The lowest BCUT2D eigenvalue weighted by Crippen LogP contribution is -2.38. The molecule has 2 aromatic heterocycles. The molecule has 0 bridgehead atoms. The van der Waals surface area contributed by atoms with E-state index in [2.05, 4.69) is 34.0 Å². The van der Waals surface area contributed by atoms with Crippen molar-refractivity contribution in [2.75, 3.05) is 18.9 Å². The summed E-state index contributed by atoms with van der Waals surface area (Å²) in [5.74, 6) is -0.527. The number of esters is 2. The number of hydrogen-bond acceptors (Lipinski definition) is 9. The third-order valence-corrected chi connectivity index (χ3v) is 8.25. The van der Waals surface area contributed by atoms with Crippen molar-refractivity contribution in [2.45, 2.75) is 136 Å². The highest BCUT2D eigenvalue weighted by Crippen LogP contribution is 2.17. The predicted octanol–water partition coefficient (Wildman–Crippen LogP) is 6.91. The molecular formula is C34H58N6O4. The van der Waals surface area contributed by atoms with E-state index < -0.39 is 12.0 Å². The van der Waals surface area contributed by atoms with E-state index in [1.54, 1.807) is 12.5 Å². The van der Waals surface area contributed by atoms with E-state index in [1.165, 1.54) is 57.8 Å². The molecule has 44 heavy (non-hydrogen) atoms. The Morgan fingerprint density at radius 1 is 0.932 bits per heavy atom. The molecule has 2 heterocycles. The topological polar surface area (TPSA) is 148 Å². The minimum atomic E-state index is -0.653. The maximum absolute atomic E-state index is 12.5. The maximum atomic E-state index is 12.5. The molecule has 0 spiro atoms. The van der Waals surface area contributed by atoms with Crippen molar-refractivity contribution in [3.63, 3.8) is 0 Å². The van der Waals surface area contributed by atoms with E-state index >= 15 is 0 Å². The first kappa shape index (κ1) is 37.2. The fourth-order valence-electron chi connectivity index (χ4n) is 5.04. The molecule has 1 unspecified atom stereocenters. The maximum Gasteiger partial charge on any atom is 0.323 e. The molecule has 0 saturated carbocycles. The summed E-state index contributed by atoms with van der Waals surface area (Å²) in [4.78, 5) is 37.5.